The molecule has 0 fully saturated rings. The molecule has 0 amide bonds. The van der Waals surface area contributed by atoms with E-state index in [0.717, 1.165) is 55.9 Å². The fourth-order valence-electron chi connectivity index (χ4n) is 8.02. The summed E-state index contributed by atoms with van der Waals surface area (Å²) in [5.74, 6) is 8.04. The van der Waals surface area contributed by atoms with Gasteiger partial charge in [0, 0.05) is 41.4 Å². The van der Waals surface area contributed by atoms with E-state index in [2.05, 4.69) is 203 Å². The van der Waals surface area contributed by atoms with Crippen LogP contribution in [-0.2, 0) is 20.1 Å². The number of aromatic nitrogens is 3. The molecular weight excluding hydrogens is 1000 g/mol. The van der Waals surface area contributed by atoms with Crippen molar-refractivity contribution in [2.75, 3.05) is 0 Å². The first-order valence-corrected chi connectivity index (χ1v) is 28.5. The van der Waals surface area contributed by atoms with Crippen molar-refractivity contribution in [2.24, 2.45) is 0 Å². The van der Waals surface area contributed by atoms with Gasteiger partial charge in [0.2, 0.25) is 0 Å². The van der Waals surface area contributed by atoms with Gasteiger partial charge in [-0.1, -0.05) is 126 Å². The minimum Gasteiger partial charge on any atom is -0.333 e. The maximum Gasteiger partial charge on any atom is 0.0852 e. The van der Waals surface area contributed by atoms with Crippen LogP contribution in [0.25, 0.3) is 92.6 Å². The van der Waals surface area contributed by atoms with Crippen LogP contribution in [0.3, 0.4) is 0 Å². The van der Waals surface area contributed by atoms with Crippen LogP contribution in [0, 0.1) is 12.1 Å². The third-order valence-corrected chi connectivity index (χ3v) is 16.6. The van der Waals surface area contributed by atoms with E-state index in [1.165, 1.54) is 41.1 Å². The van der Waals surface area contributed by atoms with E-state index in [0.29, 0.717) is 0 Å². The topological polar surface area (TPSA) is 30.7 Å². The van der Waals surface area contributed by atoms with Crippen molar-refractivity contribution in [3.63, 3.8) is 0 Å². The van der Waals surface area contributed by atoms with Crippen LogP contribution < -0.4 is 4.40 Å². The van der Waals surface area contributed by atoms with Gasteiger partial charge in [-0.2, -0.15) is 11.3 Å². The summed E-state index contributed by atoms with van der Waals surface area (Å²) in [4.78, 5) is 9.99. The number of fused-ring (bicyclic) bond motifs is 6. The average Bonchev–Trinajstić information content (AvgIpc) is 3.89. The molecule has 11 rings (SSSR count). The molecular formula is C55H41GeIrN3S-2. The molecule has 0 N–H and O–H groups in total. The van der Waals surface area contributed by atoms with Crippen LogP contribution in [0.2, 0.25) is 17.3 Å². The molecule has 0 aliphatic carbocycles. The van der Waals surface area contributed by atoms with Gasteiger partial charge in [0.1, 0.15) is 0 Å². The minimum absolute atomic E-state index is 0. The molecule has 0 saturated carbocycles. The van der Waals surface area contributed by atoms with Crippen LogP contribution in [0.15, 0.2) is 194 Å². The van der Waals surface area contributed by atoms with Crippen molar-refractivity contribution >= 4 is 71.0 Å². The van der Waals surface area contributed by atoms with E-state index in [1.807, 2.05) is 41.8 Å². The van der Waals surface area contributed by atoms with E-state index in [9.17, 15) is 0 Å². The Morgan fingerprint density at radius 1 is 0.574 bits per heavy atom. The number of hydrogen-bond acceptors (Lipinski definition) is 3. The second-order valence-corrected chi connectivity index (χ2v) is 27.7. The van der Waals surface area contributed by atoms with Crippen molar-refractivity contribution in [2.45, 2.75) is 17.3 Å². The molecule has 3 aromatic heterocycles. The molecule has 1 radical (unpaired) electrons. The summed E-state index contributed by atoms with van der Waals surface area (Å²) < 4.78 is 6.28. The van der Waals surface area contributed by atoms with Gasteiger partial charge >= 0.3 is 99.8 Å². The third-order valence-electron chi connectivity index (χ3n) is 11.2. The van der Waals surface area contributed by atoms with Gasteiger partial charge < -0.3 is 4.57 Å². The Hall–Kier alpha value is -5.95. The van der Waals surface area contributed by atoms with E-state index in [-0.39, 0.29) is 20.1 Å². The van der Waals surface area contributed by atoms with Gasteiger partial charge in [0.05, 0.1) is 16.9 Å². The van der Waals surface area contributed by atoms with E-state index in [4.69, 9.17) is 4.98 Å². The fraction of sp³-hybridized carbons (Fsp3) is 0.0545. The Balaban J connectivity index is 0.000000237. The number of benzene rings is 8. The molecule has 3 heterocycles. The van der Waals surface area contributed by atoms with Gasteiger partial charge in [0.15, 0.2) is 0 Å². The molecule has 3 nitrogen and oxygen atoms in total. The molecule has 61 heavy (non-hydrogen) atoms. The first-order valence-electron chi connectivity index (χ1n) is 20.3. The second-order valence-electron chi connectivity index (χ2n) is 16.0. The number of thiophene rings is 1. The second kappa shape index (κ2) is 17.2. The number of rotatable bonds is 6. The molecule has 11 aromatic rings. The first-order chi connectivity index (χ1) is 29.4. The Morgan fingerprint density at radius 3 is 2.03 bits per heavy atom. The summed E-state index contributed by atoms with van der Waals surface area (Å²) in [6.07, 6.45) is 2.04. The Bertz CT molecular complexity index is 3280. The minimum atomic E-state index is -1.72. The first kappa shape index (κ1) is 40.5. The van der Waals surface area contributed by atoms with Crippen molar-refractivity contribution in [1.29, 1.82) is 0 Å². The van der Waals surface area contributed by atoms with Gasteiger partial charge in [-0.15, -0.1) is 18.2 Å². The summed E-state index contributed by atoms with van der Waals surface area (Å²) in [7, 11) is 0. The quantitative estimate of drug-likeness (QED) is 0.123. The predicted molar refractivity (Wildman–Crippen MR) is 258 cm³/mol. The molecule has 0 unspecified atom stereocenters. The zero-order valence-electron chi connectivity index (χ0n) is 34.1. The van der Waals surface area contributed by atoms with Crippen LogP contribution in [-0.4, -0.2) is 27.8 Å². The Morgan fingerprint density at radius 2 is 1.30 bits per heavy atom. The average molecular weight is 1040 g/mol. The summed E-state index contributed by atoms with van der Waals surface area (Å²) in [5.41, 5.74) is 11.0. The van der Waals surface area contributed by atoms with Crippen LogP contribution in [0.5, 0.6) is 0 Å². The molecule has 8 aromatic carbocycles. The van der Waals surface area contributed by atoms with Crippen molar-refractivity contribution in [1.82, 2.24) is 14.5 Å². The zero-order valence-corrected chi connectivity index (χ0v) is 39.4. The number of pyridine rings is 1. The molecule has 0 saturated heterocycles. The van der Waals surface area contributed by atoms with E-state index < -0.39 is 13.3 Å². The van der Waals surface area contributed by atoms with Crippen LogP contribution in [0.1, 0.15) is 0 Å². The van der Waals surface area contributed by atoms with Crippen LogP contribution >= 0.6 is 11.3 Å². The zero-order chi connectivity index (χ0) is 40.6. The summed E-state index contributed by atoms with van der Waals surface area (Å²) in [6, 6.07) is 73.1. The molecule has 0 aliphatic heterocycles. The summed E-state index contributed by atoms with van der Waals surface area (Å²) in [6.45, 7) is 0. The SMILES string of the molecule is [CH3][Ge]([CH3])([CH3])[c]1ccc(-c2[c-]cccc2)nc1.[Ir].[c-]1ccc2c(sc3ccccc32)c1-c1nc2c3ccccc3ccc2n1-c1ccc(-c2ccccc2)cc1-c1ccccc1. The summed E-state index contributed by atoms with van der Waals surface area (Å²) >= 11 is 0.100. The predicted octanol–water partition coefficient (Wildman–Crippen LogP) is 14.4. The Kier molecular flexibility index (Phi) is 11.4. The maximum absolute atomic E-state index is 5.46. The molecule has 0 aliphatic rings. The van der Waals surface area contributed by atoms with E-state index >= 15 is 0 Å². The largest absolute Gasteiger partial charge is 0.333 e. The van der Waals surface area contributed by atoms with Gasteiger partial charge in [-0.25, -0.2) is 0 Å². The van der Waals surface area contributed by atoms with Crippen molar-refractivity contribution in [3.8, 4) is 50.6 Å². The monoisotopic (exact) mass is 1040 g/mol. The Labute approximate surface area is 377 Å². The van der Waals surface area contributed by atoms with Crippen molar-refractivity contribution < 1.29 is 20.1 Å². The fourth-order valence-corrected chi connectivity index (χ4v) is 11.4. The molecule has 297 valence electrons. The summed E-state index contributed by atoms with van der Waals surface area (Å²) in [5, 5.41) is 4.84. The smallest absolute Gasteiger partial charge is 0.0852 e. The van der Waals surface area contributed by atoms with E-state index in [1.54, 1.807) is 0 Å². The maximum atomic E-state index is 5.46. The normalized spacial score (nSPS) is 11.4. The number of hydrogen-bond donors (Lipinski definition) is 0. The number of imidazole rings is 1. The van der Waals surface area contributed by atoms with Crippen LogP contribution in [0.4, 0.5) is 0 Å². The molecule has 0 atom stereocenters. The van der Waals surface area contributed by atoms with Crippen molar-refractivity contribution in [3.05, 3.63) is 206 Å². The molecule has 0 bridgehead atoms. The van der Waals surface area contributed by atoms with Gasteiger partial charge in [-0.05, 0) is 56.4 Å². The third kappa shape index (κ3) is 7.91. The molecule has 6 heteroatoms. The number of nitrogens with zero attached hydrogens (tertiary/aromatic N) is 3. The van der Waals surface area contributed by atoms with Gasteiger partial charge in [0.25, 0.3) is 0 Å². The molecule has 0 spiro atoms. The standard InChI is InChI=1S/C41H25N2S.C14H16GeN.Ir/c1-3-12-27(13-4-1)30-23-24-36(35(26-30)28-14-5-2-6-15-28)43-37-25-22-29-16-7-8-17-31(29)39(37)42-41(43)34-20-11-19-33-32-18-9-10-21-38(32)44-40(33)34;1-15(2,3)13-9-10-14(16-11-13)12-7-5-4-6-8-12;/h1-19,21-26H;4-7,9-11H,1-3H3;/q2*-1;. The van der Waals surface area contributed by atoms with Gasteiger partial charge in [-0.3, -0.25) is 4.98 Å².